The standard InChI is InChI=1S/C23H10BrF8N5O/c24-18-17(38-36-20(18)11-5-4-10(22(27,28)29)6-13(11)23(30,31)32)9-37-8-16-15(7-33-37)34-21(35-16)12-2-1-3-14(25)19(12)26/h1-8H,9H2. The molecule has 3 aromatic rings. The Bertz CT molecular complexity index is 1630. The Labute approximate surface area is 215 Å². The second kappa shape index (κ2) is 9.15. The van der Waals surface area contributed by atoms with Crippen LogP contribution in [0.15, 0.2) is 57.8 Å². The topological polar surface area (TPSA) is 69.6 Å². The smallest absolute Gasteiger partial charge is 0.358 e. The van der Waals surface area contributed by atoms with Crippen LogP contribution in [0.2, 0.25) is 0 Å². The molecule has 0 amide bonds. The number of fused-ring (bicyclic) bond motifs is 1. The van der Waals surface area contributed by atoms with Gasteiger partial charge in [0.05, 0.1) is 33.6 Å². The third-order valence-corrected chi connectivity index (χ3v) is 6.24. The van der Waals surface area contributed by atoms with Gasteiger partial charge < -0.3 is 4.52 Å². The monoisotopic (exact) mass is 603 g/mol. The van der Waals surface area contributed by atoms with Gasteiger partial charge in [-0.2, -0.15) is 31.4 Å². The largest absolute Gasteiger partial charge is 0.417 e. The molecule has 0 bridgehead atoms. The molecule has 0 radical (unpaired) electrons. The normalized spacial score (nSPS) is 12.4. The van der Waals surface area contributed by atoms with E-state index in [-0.39, 0.29) is 51.3 Å². The molecule has 2 aliphatic heterocycles. The third kappa shape index (κ3) is 4.73. The molecule has 0 saturated heterocycles. The zero-order chi connectivity index (χ0) is 27.4. The Morgan fingerprint density at radius 1 is 0.895 bits per heavy atom. The number of hydrogen-bond acceptors (Lipinski definition) is 5. The fourth-order valence-corrected chi connectivity index (χ4v) is 4.12. The molecule has 1 aromatic heterocycles. The molecule has 38 heavy (non-hydrogen) atoms. The minimum atomic E-state index is -5.11. The Balaban J connectivity index is 1.48. The van der Waals surface area contributed by atoms with E-state index >= 15 is 0 Å². The highest BCUT2D eigenvalue weighted by atomic mass is 79.9. The van der Waals surface area contributed by atoms with Gasteiger partial charge in [0, 0.05) is 5.56 Å². The zero-order valence-corrected chi connectivity index (χ0v) is 20.0. The summed E-state index contributed by atoms with van der Waals surface area (Å²) in [5, 5.41) is 7.72. The molecule has 0 atom stereocenters. The summed E-state index contributed by atoms with van der Waals surface area (Å²) in [6.07, 6.45) is -7.41. The van der Waals surface area contributed by atoms with Crippen LogP contribution >= 0.6 is 15.9 Å². The van der Waals surface area contributed by atoms with Crippen molar-refractivity contribution in [1.82, 2.24) is 24.9 Å². The van der Waals surface area contributed by atoms with E-state index in [1.165, 1.54) is 29.2 Å². The van der Waals surface area contributed by atoms with Crippen molar-refractivity contribution in [3.63, 3.8) is 0 Å². The maximum Gasteiger partial charge on any atom is 0.417 e. The minimum absolute atomic E-state index is 0.000728. The molecule has 0 N–H and O–H groups in total. The average Bonchev–Trinajstić information content (AvgIpc) is 3.42. The van der Waals surface area contributed by atoms with E-state index in [0.29, 0.717) is 12.1 Å². The first-order chi connectivity index (χ1) is 17.8. The summed E-state index contributed by atoms with van der Waals surface area (Å²) in [6.45, 7) is -0.179. The van der Waals surface area contributed by atoms with E-state index in [1.54, 1.807) is 0 Å². The summed E-state index contributed by atoms with van der Waals surface area (Å²) in [4.78, 5) is 8.30. The average molecular weight is 604 g/mol. The maximum atomic E-state index is 14.1. The van der Waals surface area contributed by atoms with Crippen LogP contribution in [0.3, 0.4) is 0 Å². The van der Waals surface area contributed by atoms with Crippen LogP contribution in [0.25, 0.3) is 34.0 Å². The quantitative estimate of drug-likeness (QED) is 0.203. The maximum absolute atomic E-state index is 14.1. The van der Waals surface area contributed by atoms with Gasteiger partial charge in [0.25, 0.3) is 0 Å². The molecule has 0 fully saturated rings. The van der Waals surface area contributed by atoms with Gasteiger partial charge in [-0.05, 0) is 40.2 Å². The van der Waals surface area contributed by atoms with Crippen molar-refractivity contribution in [2.45, 2.75) is 18.9 Å². The Morgan fingerprint density at radius 3 is 2.34 bits per heavy atom. The lowest BCUT2D eigenvalue weighted by Gasteiger charge is -2.14. The van der Waals surface area contributed by atoms with Gasteiger partial charge in [-0.15, -0.1) is 0 Å². The van der Waals surface area contributed by atoms with E-state index in [4.69, 9.17) is 4.52 Å². The van der Waals surface area contributed by atoms with E-state index in [9.17, 15) is 35.1 Å². The number of alkyl halides is 6. The van der Waals surface area contributed by atoms with Gasteiger partial charge in [0.2, 0.25) is 0 Å². The summed E-state index contributed by atoms with van der Waals surface area (Å²) in [5.74, 6) is -2.28. The molecule has 3 heterocycles. The number of aromatic nitrogens is 5. The van der Waals surface area contributed by atoms with Crippen LogP contribution in [0.5, 0.6) is 0 Å². The Kier molecular flexibility index (Phi) is 6.20. The number of nitrogens with zero attached hydrogens (tertiary/aromatic N) is 5. The van der Waals surface area contributed by atoms with Crippen LogP contribution < -0.4 is 0 Å². The van der Waals surface area contributed by atoms with Crippen molar-refractivity contribution in [2.75, 3.05) is 0 Å². The van der Waals surface area contributed by atoms with Gasteiger partial charge in [-0.25, -0.2) is 18.7 Å². The molecule has 15 heteroatoms. The van der Waals surface area contributed by atoms with Crippen LogP contribution in [0.4, 0.5) is 35.1 Å². The number of rotatable bonds is 4. The molecule has 0 saturated carbocycles. The van der Waals surface area contributed by atoms with Crippen molar-refractivity contribution in [3.05, 3.63) is 81.8 Å². The molecule has 0 unspecified atom stereocenters. The molecular weight excluding hydrogens is 594 g/mol. The number of halogens is 9. The number of imidazole rings is 1. The van der Waals surface area contributed by atoms with E-state index < -0.39 is 40.7 Å². The van der Waals surface area contributed by atoms with Crippen molar-refractivity contribution in [3.8, 4) is 34.0 Å². The van der Waals surface area contributed by atoms with Crippen LogP contribution in [0, 0.1) is 11.6 Å². The van der Waals surface area contributed by atoms with Gasteiger partial charge in [-0.3, -0.25) is 4.68 Å². The summed E-state index contributed by atoms with van der Waals surface area (Å²) < 4.78 is 114. The molecule has 6 nitrogen and oxygen atoms in total. The molecule has 196 valence electrons. The van der Waals surface area contributed by atoms with Gasteiger partial charge >= 0.3 is 12.4 Å². The second-order valence-corrected chi connectivity index (χ2v) is 8.71. The van der Waals surface area contributed by atoms with Gasteiger partial charge in [0.1, 0.15) is 23.6 Å². The molecule has 0 aliphatic carbocycles. The lowest BCUT2D eigenvalue weighted by atomic mass is 10.0. The third-order valence-electron chi connectivity index (χ3n) is 5.42. The van der Waals surface area contributed by atoms with E-state index in [1.807, 2.05) is 0 Å². The SMILES string of the molecule is Fc1cccc(-c2nc3cnn(Cc4onc(-c5ccc(C(F)(F)F)cc5C(F)(F)F)c4Br)cc-3n2)c1F. The molecule has 0 spiro atoms. The molecular formula is C23H10BrF8N5O. The summed E-state index contributed by atoms with van der Waals surface area (Å²) >= 11 is 3.11. The molecule has 5 rings (SSSR count). The molecule has 2 aromatic carbocycles. The van der Waals surface area contributed by atoms with Gasteiger partial charge in [0.15, 0.2) is 23.2 Å². The van der Waals surface area contributed by atoms with Crippen molar-refractivity contribution >= 4 is 15.9 Å². The second-order valence-electron chi connectivity index (χ2n) is 7.91. The van der Waals surface area contributed by atoms with Gasteiger partial charge in [-0.1, -0.05) is 17.3 Å². The fraction of sp³-hybridized carbons (Fsp3) is 0.130. The zero-order valence-electron chi connectivity index (χ0n) is 18.4. The highest BCUT2D eigenvalue weighted by Gasteiger charge is 2.39. The van der Waals surface area contributed by atoms with Crippen molar-refractivity contribution in [1.29, 1.82) is 0 Å². The fourth-order valence-electron chi connectivity index (χ4n) is 3.63. The summed E-state index contributed by atoms with van der Waals surface area (Å²) in [5.41, 5.74) is -3.64. The molecule has 2 aliphatic rings. The number of hydrogen-bond donors (Lipinski definition) is 0. The number of benzene rings is 2. The lowest BCUT2D eigenvalue weighted by molar-refractivity contribution is -0.142. The summed E-state index contributed by atoms with van der Waals surface area (Å²) in [6, 6.07) is 4.74. The van der Waals surface area contributed by atoms with Crippen molar-refractivity contribution < 1.29 is 39.6 Å². The van der Waals surface area contributed by atoms with Crippen LogP contribution in [-0.2, 0) is 18.9 Å². The predicted octanol–water partition coefficient (Wildman–Crippen LogP) is 7.23. The van der Waals surface area contributed by atoms with Crippen molar-refractivity contribution in [2.24, 2.45) is 0 Å². The lowest BCUT2D eigenvalue weighted by Crippen LogP contribution is -2.12. The van der Waals surface area contributed by atoms with Crippen LogP contribution in [-0.4, -0.2) is 24.9 Å². The highest BCUT2D eigenvalue weighted by Crippen LogP contribution is 2.43. The Hall–Kier alpha value is -3.88. The van der Waals surface area contributed by atoms with E-state index in [0.717, 1.165) is 6.07 Å². The van der Waals surface area contributed by atoms with Crippen LogP contribution in [0.1, 0.15) is 16.9 Å². The van der Waals surface area contributed by atoms with E-state index in [2.05, 4.69) is 36.2 Å². The first-order valence-electron chi connectivity index (χ1n) is 10.4. The first kappa shape index (κ1) is 25.8. The Morgan fingerprint density at radius 2 is 1.63 bits per heavy atom. The minimum Gasteiger partial charge on any atom is -0.358 e. The first-order valence-corrected chi connectivity index (χ1v) is 11.2. The highest BCUT2D eigenvalue weighted by molar-refractivity contribution is 9.10. The summed E-state index contributed by atoms with van der Waals surface area (Å²) in [7, 11) is 0. The predicted molar refractivity (Wildman–Crippen MR) is 119 cm³/mol.